The van der Waals surface area contributed by atoms with E-state index in [9.17, 15) is 19.8 Å². The van der Waals surface area contributed by atoms with E-state index in [-0.39, 0.29) is 5.57 Å². The minimum absolute atomic E-state index is 0.0795. The van der Waals surface area contributed by atoms with E-state index in [1.807, 2.05) is 0 Å². The van der Waals surface area contributed by atoms with Crippen molar-refractivity contribution in [3.63, 3.8) is 0 Å². The summed E-state index contributed by atoms with van der Waals surface area (Å²) in [7, 11) is 1.50. The number of amides is 1. The number of aliphatic hydroxyl groups excluding tert-OH is 2. The third-order valence-corrected chi connectivity index (χ3v) is 5.78. The Balaban J connectivity index is 1.86. The number of hydrogen-bond donors (Lipinski definition) is 2. The van der Waals surface area contributed by atoms with Gasteiger partial charge in [0.15, 0.2) is 11.5 Å². The number of aromatic nitrogens is 1. The Bertz CT molecular complexity index is 1210. The number of aliphatic hydroxyl groups is 2. The highest BCUT2D eigenvalue weighted by molar-refractivity contribution is 6.17. The quantitative estimate of drug-likeness (QED) is 0.565. The summed E-state index contributed by atoms with van der Waals surface area (Å²) >= 11 is 0. The lowest BCUT2D eigenvalue weighted by Crippen LogP contribution is -2.35. The Hall–Kier alpha value is -3.91. The average molecular weight is 448 g/mol. The molecule has 1 aliphatic heterocycles. The number of para-hydroxylation sites is 1. The second kappa shape index (κ2) is 8.55. The first kappa shape index (κ1) is 22.3. The fraction of sp³-hybridized carbons (Fsp3) is 0.240. The summed E-state index contributed by atoms with van der Waals surface area (Å²) in [4.78, 5) is 28.0. The van der Waals surface area contributed by atoms with Gasteiger partial charge in [-0.05, 0) is 18.2 Å². The fourth-order valence-corrected chi connectivity index (χ4v) is 3.88. The first-order valence-corrected chi connectivity index (χ1v) is 10.4. The van der Waals surface area contributed by atoms with E-state index >= 15 is 0 Å². The number of Topliss-reactive ketones (excluding diaryl/α,β-unsaturated/α-hetero) is 1. The molecule has 0 fully saturated rings. The van der Waals surface area contributed by atoms with Gasteiger partial charge < -0.3 is 19.5 Å². The van der Waals surface area contributed by atoms with Crippen LogP contribution in [0.4, 0.5) is 5.69 Å². The van der Waals surface area contributed by atoms with E-state index in [0.717, 1.165) is 5.56 Å². The molecule has 1 unspecified atom stereocenters. The molecule has 170 valence electrons. The van der Waals surface area contributed by atoms with Gasteiger partial charge in [0, 0.05) is 22.9 Å². The molecule has 8 heteroatoms. The maximum atomic E-state index is 13.4. The number of benzene rings is 2. The van der Waals surface area contributed by atoms with E-state index in [1.54, 1.807) is 68.4 Å². The summed E-state index contributed by atoms with van der Waals surface area (Å²) in [5, 5.41) is 24.5. The van der Waals surface area contributed by atoms with Crippen LogP contribution < -0.4 is 9.64 Å². The number of hydrogen-bond acceptors (Lipinski definition) is 7. The average Bonchev–Trinajstić information content (AvgIpc) is 3.46. The monoisotopic (exact) mass is 448 g/mol. The summed E-state index contributed by atoms with van der Waals surface area (Å²) in [5.74, 6) is -1.41. The SMILES string of the molecule is COc1ccccc1C1C(C(=O)C(C)(C)CO)=C(O)C(=O)N1c1ccc(-c2ccon2)cc1. The molecule has 4 rings (SSSR count). The fourth-order valence-electron chi connectivity index (χ4n) is 3.88. The van der Waals surface area contributed by atoms with Gasteiger partial charge in [0.05, 0.1) is 30.7 Å². The first-order chi connectivity index (χ1) is 15.8. The third-order valence-electron chi connectivity index (χ3n) is 5.78. The van der Waals surface area contributed by atoms with Crippen LogP contribution in [-0.4, -0.2) is 40.8 Å². The molecular formula is C25H24N2O6. The van der Waals surface area contributed by atoms with Crippen LogP contribution in [0.1, 0.15) is 25.5 Å². The van der Waals surface area contributed by atoms with E-state index in [4.69, 9.17) is 9.26 Å². The van der Waals surface area contributed by atoms with E-state index in [1.165, 1.54) is 18.3 Å². The van der Waals surface area contributed by atoms with Crippen molar-refractivity contribution >= 4 is 17.4 Å². The van der Waals surface area contributed by atoms with Crippen molar-refractivity contribution in [3.8, 4) is 17.0 Å². The third kappa shape index (κ3) is 3.78. The predicted octanol–water partition coefficient (Wildman–Crippen LogP) is 3.84. The number of ketones is 1. The van der Waals surface area contributed by atoms with Gasteiger partial charge in [0.1, 0.15) is 17.7 Å². The lowest BCUT2D eigenvalue weighted by Gasteiger charge is -2.30. The molecule has 2 aromatic carbocycles. The maximum absolute atomic E-state index is 13.4. The standard InChI is InChI=1S/C25H24N2O6/c1-25(2,14-28)23(30)20-21(17-6-4-5-7-19(17)32-3)27(24(31)22(20)29)16-10-8-15(9-11-16)18-12-13-33-26-18/h4-13,21,28-29H,14H2,1-3H3. The van der Waals surface area contributed by atoms with Crippen LogP contribution in [0.25, 0.3) is 11.3 Å². The number of carbonyl (C=O) groups excluding carboxylic acids is 2. The Morgan fingerprint density at radius 3 is 2.45 bits per heavy atom. The number of nitrogens with zero attached hydrogens (tertiary/aromatic N) is 2. The van der Waals surface area contributed by atoms with Gasteiger partial charge in [-0.1, -0.05) is 49.3 Å². The zero-order chi connectivity index (χ0) is 23.8. The summed E-state index contributed by atoms with van der Waals surface area (Å²) in [5.41, 5.74) is 1.15. The Morgan fingerprint density at radius 2 is 1.85 bits per heavy atom. The van der Waals surface area contributed by atoms with Crippen molar-refractivity contribution in [1.29, 1.82) is 0 Å². The summed E-state index contributed by atoms with van der Waals surface area (Å²) in [6.07, 6.45) is 1.47. The minimum atomic E-state index is -1.20. The molecule has 0 saturated heterocycles. The number of ether oxygens (including phenoxy) is 1. The lowest BCUT2D eigenvalue weighted by molar-refractivity contribution is -0.125. The van der Waals surface area contributed by atoms with Gasteiger partial charge in [0.25, 0.3) is 5.91 Å². The van der Waals surface area contributed by atoms with E-state index < -0.39 is 35.5 Å². The predicted molar refractivity (Wildman–Crippen MR) is 121 cm³/mol. The minimum Gasteiger partial charge on any atom is -0.503 e. The van der Waals surface area contributed by atoms with Gasteiger partial charge in [-0.3, -0.25) is 14.5 Å². The van der Waals surface area contributed by atoms with Gasteiger partial charge in [0.2, 0.25) is 0 Å². The molecule has 0 bridgehead atoms. The van der Waals surface area contributed by atoms with E-state index in [2.05, 4.69) is 5.16 Å². The highest BCUT2D eigenvalue weighted by Gasteiger charge is 2.48. The number of anilines is 1. The van der Waals surface area contributed by atoms with Crippen LogP contribution in [0.2, 0.25) is 0 Å². The van der Waals surface area contributed by atoms with Crippen LogP contribution in [0.3, 0.4) is 0 Å². The molecule has 0 spiro atoms. The van der Waals surface area contributed by atoms with Crippen molar-refractivity contribution in [2.24, 2.45) is 5.41 Å². The highest BCUT2D eigenvalue weighted by atomic mass is 16.5. The van der Waals surface area contributed by atoms with Gasteiger partial charge in [-0.2, -0.15) is 0 Å². The van der Waals surface area contributed by atoms with Gasteiger partial charge >= 0.3 is 0 Å². The summed E-state index contributed by atoms with van der Waals surface area (Å²) in [6.45, 7) is 2.69. The summed E-state index contributed by atoms with van der Waals surface area (Å²) in [6, 6.07) is 14.7. The zero-order valence-corrected chi connectivity index (χ0v) is 18.5. The number of rotatable bonds is 7. The van der Waals surface area contributed by atoms with Crippen molar-refractivity contribution in [3.05, 3.63) is 77.8 Å². The second-order valence-electron chi connectivity index (χ2n) is 8.38. The van der Waals surface area contributed by atoms with Crippen LogP contribution in [0, 0.1) is 5.41 Å². The van der Waals surface area contributed by atoms with Crippen LogP contribution >= 0.6 is 0 Å². The summed E-state index contributed by atoms with van der Waals surface area (Å²) < 4.78 is 10.4. The molecule has 33 heavy (non-hydrogen) atoms. The van der Waals surface area contributed by atoms with Crippen LogP contribution in [-0.2, 0) is 9.59 Å². The molecular weight excluding hydrogens is 424 g/mol. The molecule has 1 amide bonds. The number of methoxy groups -OCH3 is 1. The largest absolute Gasteiger partial charge is 0.503 e. The maximum Gasteiger partial charge on any atom is 0.294 e. The topological polar surface area (TPSA) is 113 Å². The van der Waals surface area contributed by atoms with Crippen LogP contribution in [0.5, 0.6) is 5.75 Å². The molecule has 2 N–H and O–H groups in total. The van der Waals surface area contributed by atoms with Crippen molar-refractivity contribution in [2.45, 2.75) is 19.9 Å². The Labute approximate surface area is 190 Å². The van der Waals surface area contributed by atoms with Gasteiger partial charge in [-0.15, -0.1) is 0 Å². The molecule has 0 radical (unpaired) electrons. The Morgan fingerprint density at radius 1 is 1.15 bits per heavy atom. The van der Waals surface area contributed by atoms with Crippen molar-refractivity contribution in [1.82, 2.24) is 5.16 Å². The van der Waals surface area contributed by atoms with Crippen LogP contribution in [0.15, 0.2) is 76.7 Å². The molecule has 0 aliphatic carbocycles. The van der Waals surface area contributed by atoms with Crippen molar-refractivity contribution in [2.75, 3.05) is 18.6 Å². The highest BCUT2D eigenvalue weighted by Crippen LogP contribution is 2.46. The smallest absolute Gasteiger partial charge is 0.294 e. The molecule has 1 aliphatic rings. The molecule has 8 nitrogen and oxygen atoms in total. The van der Waals surface area contributed by atoms with Crippen molar-refractivity contribution < 1.29 is 29.1 Å². The first-order valence-electron chi connectivity index (χ1n) is 10.4. The van der Waals surface area contributed by atoms with Gasteiger partial charge in [-0.25, -0.2) is 0 Å². The molecule has 2 heterocycles. The van der Waals surface area contributed by atoms with E-state index in [0.29, 0.717) is 22.7 Å². The second-order valence-corrected chi connectivity index (χ2v) is 8.38. The molecule has 1 aromatic heterocycles. The number of carbonyl (C=O) groups is 2. The molecule has 0 saturated carbocycles. The lowest BCUT2D eigenvalue weighted by atomic mass is 9.81. The Kier molecular flexibility index (Phi) is 5.78. The normalized spacial score (nSPS) is 16.4. The molecule has 3 aromatic rings. The molecule has 1 atom stereocenters. The zero-order valence-electron chi connectivity index (χ0n) is 18.5.